The monoisotopic (exact) mass is 1360 g/mol. The lowest BCUT2D eigenvalue weighted by atomic mass is 9.88. The van der Waals surface area contributed by atoms with Crippen molar-refractivity contribution in [2.75, 3.05) is 14.2 Å². The van der Waals surface area contributed by atoms with E-state index in [9.17, 15) is 0 Å². The average molecular weight is 1360 g/mol. The van der Waals surface area contributed by atoms with Gasteiger partial charge in [-0.05, 0) is 230 Å². The summed E-state index contributed by atoms with van der Waals surface area (Å²) in [6.45, 7) is 36.4. The molecule has 7 aromatic carbocycles. The zero-order valence-electron chi connectivity index (χ0n) is 65.5. The van der Waals surface area contributed by atoms with E-state index in [-0.39, 0.29) is 42.2 Å². The smallest absolute Gasteiger partial charge is 0.109 e. The van der Waals surface area contributed by atoms with Crippen molar-refractivity contribution >= 4 is 0 Å². The second kappa shape index (κ2) is 41.5. The minimum Gasteiger partial charge on any atom is -0.381 e. The fourth-order valence-electron chi connectivity index (χ4n) is 14.5. The van der Waals surface area contributed by atoms with Gasteiger partial charge in [-0.1, -0.05) is 262 Å². The molecule has 7 nitrogen and oxygen atoms in total. The molecular formula is C93H132O7. The minimum absolute atomic E-state index is 0.00366. The molecule has 0 heterocycles. The minimum atomic E-state index is 0.00366. The predicted molar refractivity (Wildman–Crippen MR) is 422 cm³/mol. The molecule has 2 fully saturated rings. The van der Waals surface area contributed by atoms with E-state index in [4.69, 9.17) is 33.2 Å². The maximum Gasteiger partial charge on any atom is 0.109 e. The lowest BCUT2D eigenvalue weighted by Gasteiger charge is -2.27. The summed E-state index contributed by atoms with van der Waals surface area (Å²) in [6.07, 6.45) is 24.8. The molecule has 0 amide bonds. The summed E-state index contributed by atoms with van der Waals surface area (Å²) in [5.41, 5.74) is 18.6. The molecule has 0 aliphatic heterocycles. The standard InChI is InChI=1S/C18H20O.C17H18O.C16H16O.C12H16O.C11H22O.C10H20O.C9H20O/c1-12(2)13(3)19-18-16-10-6-4-8-14(16)15-9-5-7-11-17(15)18;1-3-12(2)18-17-15-10-6-4-8-13(15)14-9-5-7-11-16(14)17;1-11(2)17-16-14-9-5-3-7-12(14)13-8-4-6-10-15(13)16;1-9(2)13-12-8-7-10-5-3-4-6-11(10)12;1-10(12-2)11-8-6-4-3-5-7-9-11;1-9(11-2)10-7-5-3-4-6-8-10;1-7(2)8(3)10-9(4,5)6/h4-13,18H,1-3H3;4-12,17H,3H2,1-2H3;3-11,16H,1-2H3;3-6,9,12H,7-8H2,1-2H3;10-11H,3-9H2,1-2H3;9-10H,3-8H2,1-2H3;7-8H,1-6H3. The molecule has 0 spiro atoms. The first kappa shape index (κ1) is 81.6. The van der Waals surface area contributed by atoms with Gasteiger partial charge in [-0.15, -0.1) is 0 Å². The molecule has 6 aliphatic carbocycles. The fraction of sp³-hybridized carbons (Fsp3) is 0.548. The number of fused-ring (bicyclic) bond motifs is 10. The van der Waals surface area contributed by atoms with Gasteiger partial charge >= 0.3 is 0 Å². The van der Waals surface area contributed by atoms with Crippen molar-refractivity contribution in [2.24, 2.45) is 23.7 Å². The number of aryl methyl sites for hydroxylation is 1. The largest absolute Gasteiger partial charge is 0.381 e. The third-order valence-corrected chi connectivity index (χ3v) is 21.1. The van der Waals surface area contributed by atoms with Crippen LogP contribution in [0, 0.1) is 23.7 Å². The van der Waals surface area contributed by atoms with E-state index in [0.717, 1.165) is 24.7 Å². The summed E-state index contributed by atoms with van der Waals surface area (Å²) in [7, 11) is 3.67. The molecule has 546 valence electrons. The van der Waals surface area contributed by atoms with Crippen LogP contribution in [0.5, 0.6) is 0 Å². The fourth-order valence-corrected chi connectivity index (χ4v) is 14.5. The Morgan fingerprint density at radius 1 is 0.340 bits per heavy atom. The Hall–Kier alpha value is -5.74. The van der Waals surface area contributed by atoms with Crippen molar-refractivity contribution in [3.05, 3.63) is 214 Å². The first-order chi connectivity index (χ1) is 48.0. The van der Waals surface area contributed by atoms with Gasteiger partial charge in [-0.25, -0.2) is 0 Å². The number of hydrogen-bond acceptors (Lipinski definition) is 7. The van der Waals surface area contributed by atoms with Crippen LogP contribution in [0.25, 0.3) is 33.4 Å². The molecule has 7 heteroatoms. The zero-order chi connectivity index (χ0) is 72.3. The van der Waals surface area contributed by atoms with Crippen LogP contribution in [0.2, 0.25) is 0 Å². The molecule has 7 aromatic rings. The Labute approximate surface area is 608 Å². The van der Waals surface area contributed by atoms with Crippen molar-refractivity contribution in [1.29, 1.82) is 0 Å². The number of methoxy groups -OCH3 is 2. The topological polar surface area (TPSA) is 64.6 Å². The summed E-state index contributed by atoms with van der Waals surface area (Å²) >= 11 is 0. The number of rotatable bonds is 16. The van der Waals surface area contributed by atoms with E-state index in [1.807, 2.05) is 14.2 Å². The molecule has 6 atom stereocenters. The van der Waals surface area contributed by atoms with Crippen molar-refractivity contribution < 1.29 is 33.2 Å². The van der Waals surface area contributed by atoms with Crippen LogP contribution in [0.1, 0.15) is 283 Å². The Kier molecular flexibility index (Phi) is 33.9. The van der Waals surface area contributed by atoms with Crippen molar-refractivity contribution in [1.82, 2.24) is 0 Å². The van der Waals surface area contributed by atoms with Crippen LogP contribution in [0.4, 0.5) is 0 Å². The zero-order valence-corrected chi connectivity index (χ0v) is 65.5. The SMILES string of the molecule is CC(C)C(C)OC(C)(C)C.CC(C)C(C)OC1c2ccccc2-c2ccccc21.CC(C)OC1CCc2ccccc21.CC(C)OC1c2ccccc2-c2ccccc21.CCC(C)OC1c2ccccc2-c2ccccc21.COC(C)C1CCCCCC1.COC(C)C1CCCCCCC1. The van der Waals surface area contributed by atoms with Crippen LogP contribution in [0.3, 0.4) is 0 Å². The van der Waals surface area contributed by atoms with Gasteiger partial charge in [-0.2, -0.15) is 0 Å². The second-order valence-corrected chi connectivity index (χ2v) is 31.1. The summed E-state index contributed by atoms with van der Waals surface area (Å²) in [5.74, 6) is 2.80. The predicted octanol–water partition coefficient (Wildman–Crippen LogP) is 25.9. The third kappa shape index (κ3) is 24.2. The highest BCUT2D eigenvalue weighted by atomic mass is 16.5. The second-order valence-electron chi connectivity index (χ2n) is 31.1. The van der Waals surface area contributed by atoms with Crippen LogP contribution in [0.15, 0.2) is 170 Å². The normalized spacial score (nSPS) is 17.9. The molecule has 0 N–H and O–H groups in total. The summed E-state index contributed by atoms with van der Waals surface area (Å²) < 4.78 is 40.9. The first-order valence-corrected chi connectivity index (χ1v) is 39.0. The van der Waals surface area contributed by atoms with E-state index in [1.165, 1.54) is 168 Å². The molecule has 0 bridgehead atoms. The van der Waals surface area contributed by atoms with Crippen molar-refractivity contribution in [3.63, 3.8) is 0 Å². The molecule has 2 saturated carbocycles. The molecule has 100 heavy (non-hydrogen) atoms. The summed E-state index contributed by atoms with van der Waals surface area (Å²) in [4.78, 5) is 0. The number of ether oxygens (including phenoxy) is 7. The maximum atomic E-state index is 6.33. The van der Waals surface area contributed by atoms with E-state index in [2.05, 4.69) is 288 Å². The van der Waals surface area contributed by atoms with Gasteiger partial charge in [-0.3, -0.25) is 0 Å². The highest BCUT2D eigenvalue weighted by molar-refractivity contribution is 5.80. The molecule has 6 unspecified atom stereocenters. The van der Waals surface area contributed by atoms with Crippen molar-refractivity contribution in [3.8, 4) is 33.4 Å². The maximum absolute atomic E-state index is 6.33. The van der Waals surface area contributed by atoms with Crippen LogP contribution >= 0.6 is 0 Å². The average Bonchev–Trinajstić information content (AvgIpc) is 1.63. The lowest BCUT2D eigenvalue weighted by Crippen LogP contribution is -2.28. The van der Waals surface area contributed by atoms with Gasteiger partial charge in [0.25, 0.3) is 0 Å². The van der Waals surface area contributed by atoms with Gasteiger partial charge in [0.2, 0.25) is 0 Å². The Bertz CT molecular complexity index is 3290. The van der Waals surface area contributed by atoms with E-state index in [1.54, 1.807) is 0 Å². The van der Waals surface area contributed by atoms with Gasteiger partial charge in [0.05, 0.1) is 54.4 Å². The Morgan fingerprint density at radius 2 is 0.640 bits per heavy atom. The third-order valence-electron chi connectivity index (χ3n) is 21.1. The van der Waals surface area contributed by atoms with E-state index in [0.29, 0.717) is 42.4 Å². The quantitative estimate of drug-likeness (QED) is 0.0893. The van der Waals surface area contributed by atoms with Crippen LogP contribution in [-0.4, -0.2) is 62.5 Å². The van der Waals surface area contributed by atoms with Crippen molar-refractivity contribution in [2.45, 2.75) is 293 Å². The molecule has 0 aromatic heterocycles. The van der Waals surface area contributed by atoms with Crippen LogP contribution in [-0.2, 0) is 39.6 Å². The molecule has 0 saturated heterocycles. The van der Waals surface area contributed by atoms with Crippen LogP contribution < -0.4 is 0 Å². The lowest BCUT2D eigenvalue weighted by molar-refractivity contribution is -0.0698. The van der Waals surface area contributed by atoms with Gasteiger partial charge in [0, 0.05) is 14.2 Å². The molecule has 0 radical (unpaired) electrons. The Balaban J connectivity index is 0.000000166. The number of hydrogen-bond donors (Lipinski definition) is 0. The van der Waals surface area contributed by atoms with E-state index < -0.39 is 0 Å². The summed E-state index contributed by atoms with van der Waals surface area (Å²) in [6, 6.07) is 59.9. The molecule has 6 aliphatic rings. The van der Waals surface area contributed by atoms with Gasteiger partial charge in [0.1, 0.15) is 18.3 Å². The van der Waals surface area contributed by atoms with Gasteiger partial charge < -0.3 is 33.2 Å². The first-order valence-electron chi connectivity index (χ1n) is 39.0. The summed E-state index contributed by atoms with van der Waals surface area (Å²) in [5, 5.41) is 0. The van der Waals surface area contributed by atoms with E-state index >= 15 is 0 Å². The molecular weight excluding hydrogens is 1230 g/mol. The highest BCUT2D eigenvalue weighted by Gasteiger charge is 2.33. The Morgan fingerprint density at radius 3 is 0.940 bits per heavy atom. The number of benzene rings is 7. The van der Waals surface area contributed by atoms with Gasteiger partial charge in [0.15, 0.2) is 0 Å². The highest BCUT2D eigenvalue weighted by Crippen LogP contribution is 2.48. The molecule has 13 rings (SSSR count).